The lowest BCUT2D eigenvalue weighted by Gasteiger charge is -2.32. The van der Waals surface area contributed by atoms with Crippen molar-refractivity contribution in [1.82, 2.24) is 40.3 Å². The number of carbonyl (C=O) groups is 4. The van der Waals surface area contributed by atoms with Crippen LogP contribution in [0, 0.1) is 17.8 Å². The molecule has 6 heterocycles. The zero-order valence-electron chi connectivity index (χ0n) is 41.5. The van der Waals surface area contributed by atoms with Gasteiger partial charge < -0.3 is 48.9 Å². The average Bonchev–Trinajstić information content (AvgIpc) is 4.23. The molecule has 71 heavy (non-hydrogen) atoms. The van der Waals surface area contributed by atoms with Crippen molar-refractivity contribution in [3.63, 3.8) is 0 Å². The van der Waals surface area contributed by atoms with E-state index in [-0.39, 0.29) is 42.9 Å². The third-order valence-electron chi connectivity index (χ3n) is 13.9. The maximum atomic E-state index is 15.1. The zero-order valence-corrected chi connectivity index (χ0v) is 41.5. The van der Waals surface area contributed by atoms with Gasteiger partial charge in [-0.3, -0.25) is 19.9 Å². The molecule has 5 aromatic rings. The Balaban J connectivity index is 1.03. The first-order valence-corrected chi connectivity index (χ1v) is 24.6. The second-order valence-corrected chi connectivity index (χ2v) is 20.0. The molecule has 2 aromatic heterocycles. The molecule has 17 nitrogen and oxygen atoms in total. The van der Waals surface area contributed by atoms with Crippen LogP contribution in [-0.4, -0.2) is 125 Å². The molecule has 0 saturated carbocycles. The molecule has 0 spiro atoms. The van der Waals surface area contributed by atoms with Crippen molar-refractivity contribution >= 4 is 40.6 Å². The number of alkyl halides is 1. The van der Waals surface area contributed by atoms with Gasteiger partial charge in [-0.25, -0.2) is 19.0 Å². The van der Waals surface area contributed by atoms with Gasteiger partial charge in [0.05, 0.1) is 68.3 Å². The number of H-pyrrole nitrogens is 1. The monoisotopic (exact) mass is 973 g/mol. The normalized spacial score (nSPS) is 21.5. The molecule has 376 valence electrons. The van der Waals surface area contributed by atoms with Crippen molar-refractivity contribution in [2.45, 2.75) is 104 Å². The fourth-order valence-corrected chi connectivity index (χ4v) is 10.2. The number of hydrogen-bond donors (Lipinski definition) is 4. The van der Waals surface area contributed by atoms with Gasteiger partial charge in [-0.2, -0.15) is 0 Å². The third kappa shape index (κ3) is 9.90. The van der Waals surface area contributed by atoms with Crippen LogP contribution in [0.5, 0.6) is 11.5 Å². The van der Waals surface area contributed by atoms with Gasteiger partial charge in [-0.05, 0) is 73.1 Å². The van der Waals surface area contributed by atoms with Crippen LogP contribution in [0.3, 0.4) is 0 Å². The Labute approximate surface area is 412 Å². The molecule has 2 fully saturated rings. The van der Waals surface area contributed by atoms with E-state index in [0.717, 1.165) is 63.2 Å². The Morgan fingerprint density at radius 1 is 0.873 bits per heavy atom. The van der Waals surface area contributed by atoms with E-state index in [9.17, 15) is 19.2 Å². The quantitative estimate of drug-likeness (QED) is 0.0855. The Morgan fingerprint density at radius 3 is 2.30 bits per heavy atom. The van der Waals surface area contributed by atoms with Crippen molar-refractivity contribution in [2.24, 2.45) is 22.7 Å². The Morgan fingerprint density at radius 2 is 1.59 bits per heavy atom. The van der Waals surface area contributed by atoms with Gasteiger partial charge in [-0.1, -0.05) is 65.8 Å². The van der Waals surface area contributed by atoms with E-state index >= 15 is 4.39 Å². The first-order valence-electron chi connectivity index (χ1n) is 24.6. The number of halogens is 1. The summed E-state index contributed by atoms with van der Waals surface area (Å²) < 4.78 is 40.2. The molecule has 7 atom stereocenters. The number of nitrogens with one attached hydrogen (secondary N) is 4. The fraction of sp³-hybridized carbons (Fsp3) is 0.472. The van der Waals surface area contributed by atoms with E-state index in [2.05, 4.69) is 74.7 Å². The van der Waals surface area contributed by atoms with Crippen molar-refractivity contribution in [1.29, 1.82) is 0 Å². The molecule has 18 heteroatoms. The Kier molecular flexibility index (Phi) is 14.1. The van der Waals surface area contributed by atoms with E-state index in [1.807, 2.05) is 69.0 Å². The molecule has 0 aliphatic carbocycles. The molecule has 0 radical (unpaired) electrons. The summed E-state index contributed by atoms with van der Waals surface area (Å²) in [6.45, 7) is 13.2. The summed E-state index contributed by atoms with van der Waals surface area (Å²) in [6.07, 6.45) is -0.131. The number of likely N-dealkylation sites (tertiary alicyclic amines) is 2. The molecule has 4 aliphatic rings. The molecular weight excluding hydrogens is 910 g/mol. The van der Waals surface area contributed by atoms with Gasteiger partial charge in [0.25, 0.3) is 0 Å². The second kappa shape index (κ2) is 20.4. The van der Waals surface area contributed by atoms with Crippen LogP contribution >= 0.6 is 0 Å². The van der Waals surface area contributed by atoms with Crippen molar-refractivity contribution < 1.29 is 42.5 Å². The number of aromatic nitrogens is 3. The summed E-state index contributed by atoms with van der Waals surface area (Å²) in [5.41, 5.74) is 7.00. The van der Waals surface area contributed by atoms with Gasteiger partial charge in [0.15, 0.2) is 0 Å². The van der Waals surface area contributed by atoms with Crippen molar-refractivity contribution in [3.8, 4) is 34.0 Å². The van der Waals surface area contributed by atoms with E-state index in [4.69, 9.17) is 23.9 Å². The molecule has 4 aliphatic heterocycles. The van der Waals surface area contributed by atoms with E-state index in [1.54, 1.807) is 6.20 Å². The van der Waals surface area contributed by atoms with Crippen LogP contribution in [0.1, 0.15) is 90.0 Å². The molecule has 9 rings (SSSR count). The maximum absolute atomic E-state index is 15.1. The highest BCUT2D eigenvalue weighted by Crippen LogP contribution is 2.46. The van der Waals surface area contributed by atoms with Crippen molar-refractivity contribution in [3.05, 3.63) is 89.9 Å². The first-order chi connectivity index (χ1) is 34.1. The van der Waals surface area contributed by atoms with Gasteiger partial charge >= 0.3 is 12.2 Å². The largest absolute Gasteiger partial charge is 0.493 e. The zero-order chi connectivity index (χ0) is 50.2. The number of carbonyl (C=O) groups excluding carboxylic acids is 4. The Bertz CT molecular complexity index is 2840. The van der Waals surface area contributed by atoms with Crippen LogP contribution in [0.25, 0.3) is 33.4 Å². The van der Waals surface area contributed by atoms with Crippen LogP contribution < -0.4 is 25.4 Å². The number of aromatic amines is 1. The van der Waals surface area contributed by atoms with Crippen molar-refractivity contribution in [2.75, 3.05) is 40.5 Å². The number of rotatable bonds is 14. The summed E-state index contributed by atoms with van der Waals surface area (Å²) in [6, 6.07) is 20.0. The van der Waals surface area contributed by atoms with E-state index in [1.165, 1.54) is 19.1 Å². The summed E-state index contributed by atoms with van der Waals surface area (Å²) in [7, 11) is 2.52. The third-order valence-corrected chi connectivity index (χ3v) is 13.9. The van der Waals surface area contributed by atoms with Gasteiger partial charge in [0, 0.05) is 47.2 Å². The summed E-state index contributed by atoms with van der Waals surface area (Å²) in [5, 5.41) is 9.86. The number of imidazole rings is 1. The summed E-state index contributed by atoms with van der Waals surface area (Å²) >= 11 is 0. The minimum atomic E-state index is -1.26. The number of hydrogen-bond acceptors (Lipinski definition) is 11. The number of aliphatic imine (C=N–C) groups is 1. The predicted octanol–water partition coefficient (Wildman–Crippen LogP) is 7.75. The molecule has 7 unspecified atom stereocenters. The SMILES string of the molecule is COC(=O)NC(C(=O)N1CC(F)CC1c1ncc(-c2ccc3c(c2)cc2n3C(c3cccc(OCC(C)C)c3)Oc3cc(C4=NC(C5CCCN5C(=O)C(NC(=O)OC)C(C)C)NC4)ccc3-2)[nH]1)C(C)C. The number of fused-ring (bicyclic) bond motifs is 5. The maximum Gasteiger partial charge on any atom is 0.407 e. The number of amides is 4. The average molecular weight is 974 g/mol. The van der Waals surface area contributed by atoms with Crippen LogP contribution in [-0.2, 0) is 19.1 Å². The van der Waals surface area contributed by atoms with Gasteiger partial charge in [0.1, 0.15) is 41.7 Å². The fourth-order valence-electron chi connectivity index (χ4n) is 10.2. The van der Waals surface area contributed by atoms with Crippen LogP contribution in [0.2, 0.25) is 0 Å². The highest BCUT2D eigenvalue weighted by atomic mass is 19.1. The number of alkyl carbamates (subject to hydrolysis) is 2. The molecule has 3 aromatic carbocycles. The molecule has 2 saturated heterocycles. The lowest BCUT2D eigenvalue weighted by atomic mass is 10.0. The standard InChI is InChI=1S/C53H64FN9O8/c1-28(2)27-70-36-12-9-11-33(20-36)51-63-40-17-15-31(38-24-56-48(58-38)43-23-35(54)26-62(43)50(65)46(30(5)6)60-53(67)69-8)19-34(40)21-42(63)37-16-14-32(22-44(37)71-51)39-25-55-47(57-39)41-13-10-18-61(41)49(64)45(29(3)4)59-52(66)68-7/h9,11-12,14-17,19-22,24,28-30,35,41,43,45-47,51,55H,10,13,18,23,25-27H2,1-8H3,(H,56,58)(H,59,66)(H,60,67). The predicted molar refractivity (Wildman–Crippen MR) is 266 cm³/mol. The number of ether oxygens (including phenoxy) is 4. The summed E-state index contributed by atoms with van der Waals surface area (Å²) in [4.78, 5) is 68.6. The molecule has 4 amide bonds. The molecule has 4 N–H and O–H groups in total. The lowest BCUT2D eigenvalue weighted by Crippen LogP contribution is -2.55. The number of benzene rings is 3. The van der Waals surface area contributed by atoms with Crippen LogP contribution in [0.4, 0.5) is 14.0 Å². The topological polar surface area (TPSA) is 194 Å². The highest BCUT2D eigenvalue weighted by Gasteiger charge is 2.43. The molecular formula is C53H64FN9O8. The second-order valence-electron chi connectivity index (χ2n) is 20.0. The minimum Gasteiger partial charge on any atom is -0.493 e. The van der Waals surface area contributed by atoms with Gasteiger partial charge in [-0.15, -0.1) is 0 Å². The number of methoxy groups -OCH3 is 2. The van der Waals surface area contributed by atoms with Gasteiger partial charge in [0.2, 0.25) is 18.0 Å². The smallest absolute Gasteiger partial charge is 0.407 e. The van der Waals surface area contributed by atoms with E-state index < -0.39 is 48.6 Å². The van der Waals surface area contributed by atoms with E-state index in [0.29, 0.717) is 42.9 Å². The summed E-state index contributed by atoms with van der Waals surface area (Å²) in [5.74, 6) is 1.29. The minimum absolute atomic E-state index is 0.0697. The number of nitrogens with zero attached hydrogens (tertiary/aromatic N) is 5. The first kappa shape index (κ1) is 49.0. The Hall–Kier alpha value is -6.95. The molecule has 0 bridgehead atoms. The van der Waals surface area contributed by atoms with Crippen LogP contribution in [0.15, 0.2) is 77.9 Å². The lowest BCUT2D eigenvalue weighted by molar-refractivity contribution is -0.136. The highest BCUT2D eigenvalue weighted by molar-refractivity contribution is 6.04.